The lowest BCUT2D eigenvalue weighted by Gasteiger charge is -2.32. The lowest BCUT2D eigenvalue weighted by atomic mass is 9.67. The van der Waals surface area contributed by atoms with Gasteiger partial charge in [0.25, 0.3) is 0 Å². The number of rotatable bonds is 2. The molecular formula is C18H14F3N5O3. The number of ether oxygens (including phenoxy) is 1. The third-order valence-electron chi connectivity index (χ3n) is 6.17. The zero-order valence-corrected chi connectivity index (χ0v) is 15.3. The van der Waals surface area contributed by atoms with Gasteiger partial charge in [-0.3, -0.25) is 9.59 Å². The van der Waals surface area contributed by atoms with Gasteiger partial charge in [0.1, 0.15) is 0 Å². The van der Waals surface area contributed by atoms with Crippen molar-refractivity contribution in [1.82, 2.24) is 0 Å². The second-order valence-corrected chi connectivity index (χ2v) is 7.83. The number of anilines is 1. The summed E-state index contributed by atoms with van der Waals surface area (Å²) in [6.45, 7) is 3.22. The number of carbonyl (C=O) groups excluding carboxylic acids is 2. The first-order valence-corrected chi connectivity index (χ1v) is 8.71. The highest BCUT2D eigenvalue weighted by molar-refractivity contribution is 6.23. The Kier molecular flexibility index (Phi) is 3.79. The standard InChI is InChI=1S/C18H14F3N5O3/c1-16-6-11(24-25-23)17(2,29-16)13-12(16)14(27)26(15(13)28)9-4-3-8(7-22)10(5-9)18(19,20)21/h3-5,11-13H,6H2,1-2H3/t11?,12-,13+,16-,17+/m1/s1. The summed E-state index contributed by atoms with van der Waals surface area (Å²) in [5.41, 5.74) is 4.42. The van der Waals surface area contributed by atoms with Crippen LogP contribution in [-0.2, 0) is 20.5 Å². The minimum absolute atomic E-state index is 0.225. The van der Waals surface area contributed by atoms with Crippen LogP contribution in [0.4, 0.5) is 18.9 Å². The van der Waals surface area contributed by atoms with E-state index in [1.807, 2.05) is 0 Å². The molecule has 3 aliphatic rings. The first kappa shape index (κ1) is 19.2. The number of nitriles is 1. The molecule has 3 fully saturated rings. The van der Waals surface area contributed by atoms with E-state index in [9.17, 15) is 22.8 Å². The number of azide groups is 1. The van der Waals surface area contributed by atoms with Crippen molar-refractivity contribution in [1.29, 1.82) is 5.26 Å². The summed E-state index contributed by atoms with van der Waals surface area (Å²) in [6, 6.07) is 3.49. The van der Waals surface area contributed by atoms with Crippen LogP contribution >= 0.6 is 0 Å². The molecule has 5 atom stereocenters. The predicted octanol–water partition coefficient (Wildman–Crippen LogP) is 3.31. The molecule has 0 aliphatic carbocycles. The largest absolute Gasteiger partial charge is 0.417 e. The van der Waals surface area contributed by atoms with Gasteiger partial charge in [-0.25, -0.2) is 4.90 Å². The van der Waals surface area contributed by atoms with Gasteiger partial charge in [0.2, 0.25) is 11.8 Å². The third kappa shape index (κ3) is 2.39. The minimum Gasteiger partial charge on any atom is -0.367 e. The maximum atomic E-state index is 13.3. The van der Waals surface area contributed by atoms with E-state index in [0.29, 0.717) is 6.07 Å². The van der Waals surface area contributed by atoms with Crippen molar-refractivity contribution < 1.29 is 27.5 Å². The van der Waals surface area contributed by atoms with Crippen molar-refractivity contribution in [2.75, 3.05) is 4.90 Å². The highest BCUT2D eigenvalue weighted by Gasteiger charge is 2.75. The highest BCUT2D eigenvalue weighted by Crippen LogP contribution is 2.61. The smallest absolute Gasteiger partial charge is 0.367 e. The Labute approximate surface area is 162 Å². The monoisotopic (exact) mass is 405 g/mol. The van der Waals surface area contributed by atoms with Gasteiger partial charge in [-0.2, -0.15) is 18.4 Å². The first-order chi connectivity index (χ1) is 13.5. The Hall–Kier alpha value is -3.09. The fourth-order valence-corrected chi connectivity index (χ4v) is 5.00. The van der Waals surface area contributed by atoms with Gasteiger partial charge in [0.15, 0.2) is 0 Å². The van der Waals surface area contributed by atoms with Gasteiger partial charge in [0, 0.05) is 4.91 Å². The minimum atomic E-state index is -4.82. The summed E-state index contributed by atoms with van der Waals surface area (Å²) >= 11 is 0. The number of benzene rings is 1. The van der Waals surface area contributed by atoms with Crippen LogP contribution in [0.2, 0.25) is 0 Å². The maximum absolute atomic E-state index is 13.3. The first-order valence-electron chi connectivity index (χ1n) is 8.71. The number of hydrogen-bond donors (Lipinski definition) is 0. The summed E-state index contributed by atoms with van der Waals surface area (Å²) < 4.78 is 45.9. The molecule has 2 bridgehead atoms. The molecule has 3 saturated heterocycles. The summed E-state index contributed by atoms with van der Waals surface area (Å²) in [6.07, 6.45) is -4.60. The number of nitrogens with zero attached hydrogens (tertiary/aromatic N) is 5. The fraction of sp³-hybridized carbons (Fsp3) is 0.500. The van der Waals surface area contributed by atoms with Gasteiger partial charge < -0.3 is 4.74 Å². The van der Waals surface area contributed by atoms with E-state index in [4.69, 9.17) is 15.5 Å². The van der Waals surface area contributed by atoms with Crippen LogP contribution in [0.3, 0.4) is 0 Å². The Morgan fingerprint density at radius 1 is 1.31 bits per heavy atom. The molecule has 3 heterocycles. The van der Waals surface area contributed by atoms with Gasteiger partial charge in [-0.15, -0.1) is 0 Å². The summed E-state index contributed by atoms with van der Waals surface area (Å²) in [4.78, 5) is 29.7. The molecule has 0 aromatic heterocycles. The van der Waals surface area contributed by atoms with Crippen molar-refractivity contribution in [2.45, 2.75) is 43.7 Å². The highest BCUT2D eigenvalue weighted by atomic mass is 19.4. The van der Waals surface area contributed by atoms with Gasteiger partial charge in [0.05, 0.1) is 52.0 Å². The van der Waals surface area contributed by atoms with Crippen molar-refractivity contribution in [2.24, 2.45) is 17.0 Å². The van der Waals surface area contributed by atoms with Crippen LogP contribution in [0.5, 0.6) is 0 Å². The Morgan fingerprint density at radius 2 is 1.97 bits per heavy atom. The number of carbonyl (C=O) groups is 2. The molecular weight excluding hydrogens is 391 g/mol. The fourth-order valence-electron chi connectivity index (χ4n) is 5.00. The molecule has 150 valence electrons. The average molecular weight is 405 g/mol. The van der Waals surface area contributed by atoms with E-state index in [1.54, 1.807) is 13.8 Å². The third-order valence-corrected chi connectivity index (χ3v) is 6.17. The van der Waals surface area contributed by atoms with E-state index in [1.165, 1.54) is 6.07 Å². The van der Waals surface area contributed by atoms with Crippen LogP contribution in [0.1, 0.15) is 31.4 Å². The number of imide groups is 1. The summed E-state index contributed by atoms with van der Waals surface area (Å²) in [5, 5.41) is 12.6. The Bertz CT molecular complexity index is 1040. The molecule has 8 nitrogen and oxygen atoms in total. The van der Waals surface area contributed by atoms with E-state index >= 15 is 0 Å². The summed E-state index contributed by atoms with van der Waals surface area (Å²) in [5.74, 6) is -3.24. The van der Waals surface area contributed by atoms with Crippen molar-refractivity contribution in [3.05, 3.63) is 39.8 Å². The molecule has 3 aliphatic heterocycles. The normalized spacial score (nSPS) is 35.4. The van der Waals surface area contributed by atoms with Crippen LogP contribution in [0.25, 0.3) is 10.4 Å². The van der Waals surface area contributed by atoms with E-state index in [0.717, 1.165) is 17.0 Å². The van der Waals surface area contributed by atoms with Crippen LogP contribution in [-0.4, -0.2) is 29.1 Å². The SMILES string of the molecule is C[C@]12CC(N=[N+]=[N-])[C@](C)(O1)[C@@H]1C(=O)N(c3ccc(C#N)c(C(F)(F)F)c3)C(=O)[C@@H]12. The van der Waals surface area contributed by atoms with Gasteiger partial charge in [-0.1, -0.05) is 5.11 Å². The molecule has 0 spiro atoms. The summed E-state index contributed by atoms with van der Waals surface area (Å²) in [7, 11) is 0. The van der Waals surface area contributed by atoms with Crippen LogP contribution in [0, 0.1) is 23.2 Å². The molecule has 1 aromatic carbocycles. The number of hydrogen-bond acceptors (Lipinski definition) is 5. The van der Waals surface area contributed by atoms with Crippen LogP contribution < -0.4 is 4.90 Å². The lowest BCUT2D eigenvalue weighted by Crippen LogP contribution is -2.48. The number of amides is 2. The topological polar surface area (TPSA) is 119 Å². The lowest BCUT2D eigenvalue weighted by molar-refractivity contribution is -0.138. The Morgan fingerprint density at radius 3 is 2.55 bits per heavy atom. The van der Waals surface area contributed by atoms with Crippen molar-refractivity contribution in [3.63, 3.8) is 0 Å². The number of halogens is 3. The van der Waals surface area contributed by atoms with Gasteiger partial charge >= 0.3 is 6.18 Å². The molecule has 0 saturated carbocycles. The molecule has 4 rings (SSSR count). The zero-order chi connectivity index (χ0) is 21.4. The molecule has 11 heteroatoms. The van der Waals surface area contributed by atoms with E-state index in [-0.39, 0.29) is 12.1 Å². The van der Waals surface area contributed by atoms with Crippen molar-refractivity contribution >= 4 is 17.5 Å². The molecule has 2 amide bonds. The van der Waals surface area contributed by atoms with Gasteiger partial charge in [-0.05, 0) is 44.0 Å². The zero-order valence-electron chi connectivity index (χ0n) is 15.3. The number of fused-ring (bicyclic) bond motifs is 5. The molecule has 1 aromatic rings. The van der Waals surface area contributed by atoms with E-state index in [2.05, 4.69) is 10.0 Å². The second-order valence-electron chi connectivity index (χ2n) is 7.83. The molecule has 0 radical (unpaired) electrons. The maximum Gasteiger partial charge on any atom is 0.417 e. The van der Waals surface area contributed by atoms with Crippen LogP contribution in [0.15, 0.2) is 23.3 Å². The van der Waals surface area contributed by atoms with Crippen molar-refractivity contribution in [3.8, 4) is 6.07 Å². The molecule has 1 unspecified atom stereocenters. The molecule has 29 heavy (non-hydrogen) atoms. The second kappa shape index (κ2) is 5.72. The van der Waals surface area contributed by atoms with E-state index < -0.39 is 58.2 Å². The Balaban J connectivity index is 1.81. The molecule has 0 N–H and O–H groups in total. The average Bonchev–Trinajstić information content (AvgIpc) is 3.15. The predicted molar refractivity (Wildman–Crippen MR) is 91.1 cm³/mol. The quantitative estimate of drug-likeness (QED) is 0.324. The number of alkyl halides is 3.